The lowest BCUT2D eigenvalue weighted by Gasteiger charge is -2.30. The summed E-state index contributed by atoms with van der Waals surface area (Å²) in [6.07, 6.45) is 3.68. The topological polar surface area (TPSA) is 66.6 Å². The van der Waals surface area contributed by atoms with Gasteiger partial charge in [-0.25, -0.2) is 0 Å². The lowest BCUT2D eigenvalue weighted by atomic mass is 9.94. The molecule has 1 aliphatic carbocycles. The van der Waals surface area contributed by atoms with Gasteiger partial charge in [-0.1, -0.05) is 12.1 Å². The third-order valence-electron chi connectivity index (χ3n) is 6.09. The molecule has 2 fully saturated rings. The normalized spacial score (nSPS) is 17.9. The highest BCUT2D eigenvalue weighted by Gasteiger charge is 2.52. The average molecular weight is 391 g/mol. The zero-order valence-electron chi connectivity index (χ0n) is 16.5. The number of hydrogen-bond donors (Lipinski definition) is 2. The van der Waals surface area contributed by atoms with Crippen molar-refractivity contribution in [3.8, 4) is 5.75 Å². The number of aromatic nitrogens is 1. The summed E-state index contributed by atoms with van der Waals surface area (Å²) in [4.78, 5) is 19.0. The highest BCUT2D eigenvalue weighted by Crippen LogP contribution is 2.51. The van der Waals surface area contributed by atoms with Gasteiger partial charge in [-0.3, -0.25) is 4.79 Å². The summed E-state index contributed by atoms with van der Waals surface area (Å²) in [5.41, 5.74) is 3.51. The van der Waals surface area contributed by atoms with E-state index in [9.17, 15) is 4.79 Å². The summed E-state index contributed by atoms with van der Waals surface area (Å²) in [7, 11) is 1.66. The van der Waals surface area contributed by atoms with Crippen LogP contribution in [0.4, 0.5) is 11.4 Å². The standard InChI is InChI=1S/C23H25N3O3/c1-28-16-6-7-19-17(14-16)18(15-24-19)23(8-9-23)22(27)25-20-4-2-3-5-21(20)26-10-12-29-13-11-26/h2-7,14-15,24H,8-13H2,1H3,(H,25,27). The lowest BCUT2D eigenvalue weighted by molar-refractivity contribution is -0.118. The van der Waals surface area contributed by atoms with Crippen LogP contribution >= 0.6 is 0 Å². The van der Waals surface area contributed by atoms with Crippen LogP contribution < -0.4 is 15.0 Å². The van der Waals surface area contributed by atoms with Gasteiger partial charge in [-0.15, -0.1) is 0 Å². The Morgan fingerprint density at radius 3 is 2.72 bits per heavy atom. The zero-order chi connectivity index (χ0) is 19.8. The molecule has 5 rings (SSSR count). The van der Waals surface area contributed by atoms with E-state index in [1.807, 2.05) is 42.6 Å². The number of amides is 1. The first kappa shape index (κ1) is 18.1. The number of para-hydroxylation sites is 2. The second kappa shape index (κ2) is 7.12. The molecule has 2 heterocycles. The first-order valence-electron chi connectivity index (χ1n) is 10.1. The number of anilines is 2. The molecule has 0 bridgehead atoms. The molecular formula is C23H25N3O3. The maximum absolute atomic E-state index is 13.4. The van der Waals surface area contributed by atoms with Crippen LogP contribution in [0, 0.1) is 0 Å². The van der Waals surface area contributed by atoms with Gasteiger partial charge in [-0.2, -0.15) is 0 Å². The summed E-state index contributed by atoms with van der Waals surface area (Å²) in [5, 5.41) is 4.28. The van der Waals surface area contributed by atoms with Crippen LogP contribution in [-0.4, -0.2) is 44.3 Å². The molecule has 0 unspecified atom stereocenters. The van der Waals surface area contributed by atoms with Crippen molar-refractivity contribution in [3.63, 3.8) is 0 Å². The number of rotatable bonds is 5. The number of ether oxygens (including phenoxy) is 2. The van der Waals surface area contributed by atoms with Crippen molar-refractivity contribution in [1.82, 2.24) is 4.98 Å². The van der Waals surface area contributed by atoms with Crippen molar-refractivity contribution in [2.24, 2.45) is 0 Å². The number of fused-ring (bicyclic) bond motifs is 1. The van der Waals surface area contributed by atoms with Gasteiger partial charge in [0, 0.05) is 30.2 Å². The van der Waals surface area contributed by atoms with E-state index in [1.165, 1.54) is 0 Å². The Hall–Kier alpha value is -2.99. The van der Waals surface area contributed by atoms with Crippen LogP contribution in [0.15, 0.2) is 48.7 Å². The van der Waals surface area contributed by atoms with E-state index in [0.717, 1.165) is 59.5 Å². The molecule has 150 valence electrons. The van der Waals surface area contributed by atoms with Crippen LogP contribution in [0.1, 0.15) is 18.4 Å². The van der Waals surface area contributed by atoms with E-state index in [-0.39, 0.29) is 5.91 Å². The van der Waals surface area contributed by atoms with Gasteiger partial charge in [0.25, 0.3) is 0 Å². The number of benzene rings is 2. The fraction of sp³-hybridized carbons (Fsp3) is 0.348. The first-order chi connectivity index (χ1) is 14.2. The molecule has 1 amide bonds. The predicted octanol–water partition coefficient (Wildman–Crippen LogP) is 3.68. The van der Waals surface area contributed by atoms with Crippen LogP contribution in [0.2, 0.25) is 0 Å². The van der Waals surface area contributed by atoms with E-state index in [0.29, 0.717) is 13.2 Å². The number of nitrogens with zero attached hydrogens (tertiary/aromatic N) is 1. The summed E-state index contributed by atoms with van der Waals surface area (Å²) in [6, 6.07) is 14.0. The zero-order valence-corrected chi connectivity index (χ0v) is 16.5. The molecule has 2 N–H and O–H groups in total. The monoisotopic (exact) mass is 391 g/mol. The van der Waals surface area contributed by atoms with Crippen molar-refractivity contribution in [2.75, 3.05) is 43.6 Å². The van der Waals surface area contributed by atoms with Gasteiger partial charge >= 0.3 is 0 Å². The van der Waals surface area contributed by atoms with Crippen molar-refractivity contribution < 1.29 is 14.3 Å². The average Bonchev–Trinajstić information content (AvgIpc) is 3.47. The van der Waals surface area contributed by atoms with Crippen LogP contribution in [0.3, 0.4) is 0 Å². The molecule has 1 saturated carbocycles. The molecule has 6 nitrogen and oxygen atoms in total. The van der Waals surface area contributed by atoms with E-state index >= 15 is 0 Å². The molecule has 1 saturated heterocycles. The summed E-state index contributed by atoms with van der Waals surface area (Å²) in [5.74, 6) is 0.856. The number of aromatic amines is 1. The number of morpholine rings is 1. The van der Waals surface area contributed by atoms with Gasteiger partial charge in [0.15, 0.2) is 0 Å². The molecule has 29 heavy (non-hydrogen) atoms. The summed E-state index contributed by atoms with van der Waals surface area (Å²) in [6.45, 7) is 3.09. The van der Waals surface area contributed by atoms with Crippen LogP contribution in [-0.2, 0) is 14.9 Å². The second-order valence-corrected chi connectivity index (χ2v) is 7.77. The Bertz CT molecular complexity index is 1050. The largest absolute Gasteiger partial charge is 0.497 e. The van der Waals surface area contributed by atoms with Crippen LogP contribution in [0.25, 0.3) is 10.9 Å². The highest BCUT2D eigenvalue weighted by molar-refractivity contribution is 6.06. The van der Waals surface area contributed by atoms with Crippen molar-refractivity contribution in [2.45, 2.75) is 18.3 Å². The molecule has 1 aliphatic heterocycles. The van der Waals surface area contributed by atoms with Crippen molar-refractivity contribution >= 4 is 28.2 Å². The number of carbonyl (C=O) groups is 1. The number of methoxy groups -OCH3 is 1. The lowest BCUT2D eigenvalue weighted by Crippen LogP contribution is -2.37. The minimum atomic E-state index is -0.483. The van der Waals surface area contributed by atoms with Gasteiger partial charge in [0.2, 0.25) is 5.91 Å². The van der Waals surface area contributed by atoms with Gasteiger partial charge in [0.05, 0.1) is 37.1 Å². The third kappa shape index (κ3) is 3.13. The highest BCUT2D eigenvalue weighted by atomic mass is 16.5. The molecule has 3 aromatic rings. The van der Waals surface area contributed by atoms with Gasteiger partial charge in [0.1, 0.15) is 5.75 Å². The Labute approximate surface area is 169 Å². The van der Waals surface area contributed by atoms with Crippen LogP contribution in [0.5, 0.6) is 5.75 Å². The Kier molecular flexibility index (Phi) is 4.43. The molecule has 1 aromatic heterocycles. The Balaban J connectivity index is 1.45. The van der Waals surface area contributed by atoms with Crippen molar-refractivity contribution in [1.29, 1.82) is 0 Å². The third-order valence-corrected chi connectivity index (χ3v) is 6.09. The summed E-state index contributed by atoms with van der Waals surface area (Å²) < 4.78 is 10.9. The maximum Gasteiger partial charge on any atom is 0.235 e. The molecule has 6 heteroatoms. The first-order valence-corrected chi connectivity index (χ1v) is 10.1. The molecule has 0 radical (unpaired) electrons. The van der Waals surface area contributed by atoms with Crippen molar-refractivity contribution in [3.05, 3.63) is 54.2 Å². The fourth-order valence-corrected chi connectivity index (χ4v) is 4.27. The number of H-pyrrole nitrogens is 1. The molecule has 2 aliphatic rings. The number of hydrogen-bond acceptors (Lipinski definition) is 4. The maximum atomic E-state index is 13.4. The predicted molar refractivity (Wildman–Crippen MR) is 114 cm³/mol. The fourth-order valence-electron chi connectivity index (χ4n) is 4.27. The summed E-state index contributed by atoms with van der Waals surface area (Å²) >= 11 is 0. The Morgan fingerprint density at radius 2 is 1.97 bits per heavy atom. The van der Waals surface area contributed by atoms with E-state index < -0.39 is 5.41 Å². The molecular weight excluding hydrogens is 366 g/mol. The molecule has 2 aromatic carbocycles. The number of nitrogens with one attached hydrogen (secondary N) is 2. The van der Waals surface area contributed by atoms with E-state index in [4.69, 9.17) is 9.47 Å². The minimum absolute atomic E-state index is 0.0573. The Morgan fingerprint density at radius 1 is 1.17 bits per heavy atom. The smallest absolute Gasteiger partial charge is 0.235 e. The second-order valence-electron chi connectivity index (χ2n) is 7.77. The van der Waals surface area contributed by atoms with Gasteiger partial charge < -0.3 is 24.7 Å². The quantitative estimate of drug-likeness (QED) is 0.696. The van der Waals surface area contributed by atoms with E-state index in [1.54, 1.807) is 7.11 Å². The molecule has 0 atom stereocenters. The SMILES string of the molecule is COc1ccc2[nH]cc(C3(C(=O)Nc4ccccc4N4CCOCC4)CC3)c2c1. The minimum Gasteiger partial charge on any atom is -0.497 e. The van der Waals surface area contributed by atoms with Gasteiger partial charge in [-0.05, 0) is 48.7 Å². The van der Waals surface area contributed by atoms with E-state index in [2.05, 4.69) is 21.3 Å². The number of carbonyl (C=O) groups excluding carboxylic acids is 1. The molecule has 0 spiro atoms.